The van der Waals surface area contributed by atoms with Crippen LogP contribution in [0.1, 0.15) is 48.7 Å². The summed E-state index contributed by atoms with van der Waals surface area (Å²) in [6, 6.07) is 5.54. The Kier molecular flexibility index (Phi) is 2.58. The fourth-order valence-corrected chi connectivity index (χ4v) is 2.81. The maximum Gasteiger partial charge on any atom is 0.252 e. The first kappa shape index (κ1) is 13.0. The highest BCUT2D eigenvalue weighted by molar-refractivity contribution is 6.53. The second-order valence-electron chi connectivity index (χ2n) is 6.47. The first-order valence-corrected chi connectivity index (χ1v) is 6.81. The number of hydrogen-bond donors (Lipinski definition) is 0. The van der Waals surface area contributed by atoms with E-state index in [1.165, 1.54) is 0 Å². The molecule has 20 heavy (non-hydrogen) atoms. The summed E-state index contributed by atoms with van der Waals surface area (Å²) >= 11 is 0. The Bertz CT molecular complexity index is 715. The molecule has 0 fully saturated rings. The van der Waals surface area contributed by atoms with E-state index in [1.807, 2.05) is 19.1 Å². The lowest BCUT2D eigenvalue weighted by Gasteiger charge is -2.20. The molecule has 1 aromatic rings. The molecule has 0 N–H and O–H groups in total. The van der Waals surface area contributed by atoms with Gasteiger partial charge in [-0.05, 0) is 23.6 Å². The largest absolute Gasteiger partial charge is 0.285 e. The minimum atomic E-state index is -0.461. The van der Waals surface area contributed by atoms with E-state index < -0.39 is 11.6 Å². The summed E-state index contributed by atoms with van der Waals surface area (Å²) in [5.41, 5.74) is 4.63. The van der Waals surface area contributed by atoms with E-state index in [0.29, 0.717) is 17.7 Å². The number of carbonyl (C=O) groups is 2. The van der Waals surface area contributed by atoms with Crippen molar-refractivity contribution in [3.05, 3.63) is 40.6 Å². The van der Waals surface area contributed by atoms with Gasteiger partial charge in [-0.2, -0.15) is 0 Å². The summed E-state index contributed by atoms with van der Waals surface area (Å²) in [6.07, 6.45) is 0.662. The van der Waals surface area contributed by atoms with E-state index in [2.05, 4.69) is 25.8 Å². The molecule has 0 atom stereocenters. The standard InChI is InChI=1S/C17H17NO2/c1-9-6-5-7-10-13(9)11-8-12(17(2,3)4)18-14(11)16(20)15(10)19/h5-7H,8H2,1-4H3. The molecule has 1 aromatic carbocycles. The number of Topliss-reactive ketones (excluding diaryl/α,β-unsaturated/α-hetero) is 2. The van der Waals surface area contributed by atoms with Gasteiger partial charge in [0.15, 0.2) is 0 Å². The molecule has 3 heteroatoms. The van der Waals surface area contributed by atoms with Crippen molar-refractivity contribution in [3.8, 4) is 0 Å². The second-order valence-corrected chi connectivity index (χ2v) is 6.47. The molecular formula is C17H17NO2. The highest BCUT2D eigenvalue weighted by Gasteiger charge is 2.38. The van der Waals surface area contributed by atoms with Crippen molar-refractivity contribution in [3.63, 3.8) is 0 Å². The number of ketones is 2. The smallest absolute Gasteiger partial charge is 0.252 e. The molecule has 0 radical (unpaired) electrons. The van der Waals surface area contributed by atoms with Crippen LogP contribution in [0.15, 0.2) is 28.9 Å². The summed E-state index contributed by atoms with van der Waals surface area (Å²) in [4.78, 5) is 28.9. The molecule has 3 rings (SSSR count). The molecule has 0 amide bonds. The molecule has 0 aromatic heterocycles. The third-order valence-corrected chi connectivity index (χ3v) is 3.98. The quantitative estimate of drug-likeness (QED) is 0.677. The first-order valence-electron chi connectivity index (χ1n) is 6.81. The van der Waals surface area contributed by atoms with Gasteiger partial charge in [0.05, 0.1) is 0 Å². The number of carbonyl (C=O) groups excluding carboxylic acids is 2. The van der Waals surface area contributed by atoms with Gasteiger partial charge in [-0.1, -0.05) is 39.0 Å². The van der Waals surface area contributed by atoms with Crippen LogP contribution in [0, 0.1) is 12.3 Å². The third-order valence-electron chi connectivity index (χ3n) is 3.98. The summed E-state index contributed by atoms with van der Waals surface area (Å²) in [7, 11) is 0. The van der Waals surface area contributed by atoms with Gasteiger partial charge >= 0.3 is 0 Å². The van der Waals surface area contributed by atoms with Crippen molar-refractivity contribution < 1.29 is 9.59 Å². The molecular weight excluding hydrogens is 250 g/mol. The van der Waals surface area contributed by atoms with Gasteiger partial charge in [0.25, 0.3) is 5.78 Å². The summed E-state index contributed by atoms with van der Waals surface area (Å²) in [5.74, 6) is -0.890. The third kappa shape index (κ3) is 1.69. The van der Waals surface area contributed by atoms with Crippen LogP contribution < -0.4 is 0 Å². The number of rotatable bonds is 0. The Morgan fingerprint density at radius 1 is 1.10 bits per heavy atom. The fraction of sp³-hybridized carbons (Fsp3) is 0.353. The monoisotopic (exact) mass is 267 g/mol. The van der Waals surface area contributed by atoms with Crippen LogP contribution in [0.25, 0.3) is 5.57 Å². The predicted molar refractivity (Wildman–Crippen MR) is 78.9 cm³/mol. The number of hydrogen-bond acceptors (Lipinski definition) is 3. The van der Waals surface area contributed by atoms with Gasteiger partial charge in [-0.25, -0.2) is 0 Å². The Balaban J connectivity index is 2.21. The molecule has 102 valence electrons. The lowest BCUT2D eigenvalue weighted by molar-refractivity contribution is -0.111. The van der Waals surface area contributed by atoms with Crippen LogP contribution in [-0.2, 0) is 4.79 Å². The Hall–Kier alpha value is -2.03. The minimum Gasteiger partial charge on any atom is -0.285 e. The van der Waals surface area contributed by atoms with E-state index in [-0.39, 0.29) is 5.41 Å². The summed E-state index contributed by atoms with van der Waals surface area (Å²) in [5, 5.41) is 0. The lowest BCUT2D eigenvalue weighted by Crippen LogP contribution is -2.22. The van der Waals surface area contributed by atoms with Crippen LogP contribution in [-0.4, -0.2) is 17.3 Å². The number of benzene rings is 1. The van der Waals surface area contributed by atoms with E-state index in [4.69, 9.17) is 0 Å². The van der Waals surface area contributed by atoms with E-state index in [9.17, 15) is 9.59 Å². The van der Waals surface area contributed by atoms with Crippen LogP contribution in [0.2, 0.25) is 0 Å². The van der Waals surface area contributed by atoms with Crippen molar-refractivity contribution in [2.24, 2.45) is 10.4 Å². The molecule has 1 aliphatic carbocycles. The van der Waals surface area contributed by atoms with Crippen LogP contribution in [0.4, 0.5) is 0 Å². The molecule has 1 heterocycles. The van der Waals surface area contributed by atoms with Gasteiger partial charge in [0.1, 0.15) is 5.70 Å². The van der Waals surface area contributed by atoms with E-state index >= 15 is 0 Å². The van der Waals surface area contributed by atoms with Crippen molar-refractivity contribution >= 4 is 22.9 Å². The van der Waals surface area contributed by atoms with Gasteiger partial charge in [-0.3, -0.25) is 14.6 Å². The van der Waals surface area contributed by atoms with E-state index in [0.717, 1.165) is 22.4 Å². The van der Waals surface area contributed by atoms with Crippen molar-refractivity contribution in [1.29, 1.82) is 0 Å². The highest BCUT2D eigenvalue weighted by Crippen LogP contribution is 2.41. The predicted octanol–water partition coefficient (Wildman–Crippen LogP) is 3.36. The maximum atomic E-state index is 12.2. The molecule has 0 spiro atoms. The molecule has 3 nitrogen and oxygen atoms in total. The molecule has 2 aliphatic rings. The number of aliphatic imine (C=N–C) groups is 1. The zero-order valence-corrected chi connectivity index (χ0v) is 12.2. The number of allylic oxidation sites excluding steroid dienone is 2. The number of aryl methyl sites for hydroxylation is 1. The Morgan fingerprint density at radius 3 is 2.45 bits per heavy atom. The summed E-state index contributed by atoms with van der Waals surface area (Å²) < 4.78 is 0. The SMILES string of the molecule is Cc1cccc2c1C1=C(N=C(C(C)(C)C)C1)C(=O)C2=O. The molecule has 0 saturated carbocycles. The highest BCUT2D eigenvalue weighted by atomic mass is 16.2. The fourth-order valence-electron chi connectivity index (χ4n) is 2.81. The van der Waals surface area contributed by atoms with Crippen molar-refractivity contribution in [2.45, 2.75) is 34.1 Å². The first-order chi connectivity index (χ1) is 9.30. The molecule has 0 saturated heterocycles. The molecule has 1 aliphatic heterocycles. The van der Waals surface area contributed by atoms with Crippen LogP contribution in [0.3, 0.4) is 0 Å². The van der Waals surface area contributed by atoms with Gasteiger partial charge in [0.2, 0.25) is 5.78 Å². The Labute approximate surface area is 118 Å². The summed E-state index contributed by atoms with van der Waals surface area (Å²) in [6.45, 7) is 8.21. The lowest BCUT2D eigenvalue weighted by atomic mass is 9.81. The van der Waals surface area contributed by atoms with Crippen molar-refractivity contribution in [2.75, 3.05) is 0 Å². The average Bonchev–Trinajstić information content (AvgIpc) is 2.80. The van der Waals surface area contributed by atoms with Crippen LogP contribution >= 0.6 is 0 Å². The molecule has 0 bridgehead atoms. The number of fused-ring (bicyclic) bond motifs is 2. The van der Waals surface area contributed by atoms with Gasteiger partial charge < -0.3 is 0 Å². The average molecular weight is 267 g/mol. The normalized spacial score (nSPS) is 18.1. The second kappa shape index (κ2) is 3.98. The van der Waals surface area contributed by atoms with Crippen molar-refractivity contribution in [1.82, 2.24) is 0 Å². The topological polar surface area (TPSA) is 46.5 Å². The zero-order valence-electron chi connectivity index (χ0n) is 12.2. The van der Waals surface area contributed by atoms with Crippen LogP contribution in [0.5, 0.6) is 0 Å². The minimum absolute atomic E-state index is 0.0937. The Morgan fingerprint density at radius 2 is 1.80 bits per heavy atom. The zero-order chi connectivity index (χ0) is 14.7. The molecule has 0 unspecified atom stereocenters. The van der Waals surface area contributed by atoms with E-state index in [1.54, 1.807) is 6.07 Å². The maximum absolute atomic E-state index is 12.2. The number of nitrogens with zero attached hydrogens (tertiary/aromatic N) is 1. The van der Waals surface area contributed by atoms with Gasteiger partial charge in [0, 0.05) is 23.1 Å². The van der Waals surface area contributed by atoms with Gasteiger partial charge in [-0.15, -0.1) is 0 Å².